The van der Waals surface area contributed by atoms with Crippen LogP contribution >= 0.6 is 0 Å². The van der Waals surface area contributed by atoms with Crippen molar-refractivity contribution >= 4 is 0 Å². The van der Waals surface area contributed by atoms with Gasteiger partial charge in [0.2, 0.25) is 0 Å². The number of aliphatic hydroxyl groups is 1. The Morgan fingerprint density at radius 2 is 1.89 bits per heavy atom. The standard InChI is InChI=1S/C15H33NO3/c1-6-18-11-14(4)19-10-8-7-9-15(5,12-17)16-13(2)3/h13-14,16-17H,6-12H2,1-5H3. The summed E-state index contributed by atoms with van der Waals surface area (Å²) in [7, 11) is 0. The maximum absolute atomic E-state index is 9.47. The SMILES string of the molecule is CCOCC(C)OCCCCC(C)(CO)NC(C)C. The lowest BCUT2D eigenvalue weighted by atomic mass is 9.95. The first-order valence-corrected chi connectivity index (χ1v) is 7.51. The molecule has 2 N–H and O–H groups in total. The predicted molar refractivity (Wildman–Crippen MR) is 79.5 cm³/mol. The molecule has 116 valence electrons. The zero-order valence-electron chi connectivity index (χ0n) is 13.4. The third-order valence-electron chi connectivity index (χ3n) is 3.07. The van der Waals surface area contributed by atoms with Gasteiger partial charge in [-0.05, 0) is 40.0 Å². The summed E-state index contributed by atoms with van der Waals surface area (Å²) < 4.78 is 11.0. The highest BCUT2D eigenvalue weighted by Gasteiger charge is 2.22. The number of hydrogen-bond donors (Lipinski definition) is 2. The van der Waals surface area contributed by atoms with Crippen LogP contribution in [0.3, 0.4) is 0 Å². The summed E-state index contributed by atoms with van der Waals surface area (Å²) in [6.07, 6.45) is 3.20. The molecule has 0 aliphatic heterocycles. The van der Waals surface area contributed by atoms with Crippen molar-refractivity contribution in [1.29, 1.82) is 0 Å². The van der Waals surface area contributed by atoms with Crippen molar-refractivity contribution in [1.82, 2.24) is 5.32 Å². The van der Waals surface area contributed by atoms with Crippen LogP contribution < -0.4 is 5.32 Å². The lowest BCUT2D eigenvalue weighted by Crippen LogP contribution is -2.49. The van der Waals surface area contributed by atoms with Crippen molar-refractivity contribution in [2.75, 3.05) is 26.4 Å². The van der Waals surface area contributed by atoms with Crippen molar-refractivity contribution in [3.63, 3.8) is 0 Å². The Morgan fingerprint density at radius 3 is 2.42 bits per heavy atom. The molecule has 0 radical (unpaired) electrons. The molecule has 0 aromatic carbocycles. The van der Waals surface area contributed by atoms with E-state index in [0.29, 0.717) is 12.6 Å². The second kappa shape index (κ2) is 10.6. The highest BCUT2D eigenvalue weighted by molar-refractivity contribution is 4.83. The summed E-state index contributed by atoms with van der Waals surface area (Å²) in [5.74, 6) is 0. The van der Waals surface area contributed by atoms with Crippen LogP contribution in [0.1, 0.15) is 53.9 Å². The van der Waals surface area contributed by atoms with Crippen LogP contribution in [-0.2, 0) is 9.47 Å². The summed E-state index contributed by atoms with van der Waals surface area (Å²) in [4.78, 5) is 0. The van der Waals surface area contributed by atoms with Crippen LogP contribution in [-0.4, -0.2) is 49.2 Å². The summed E-state index contributed by atoms with van der Waals surface area (Å²) in [6.45, 7) is 12.6. The van der Waals surface area contributed by atoms with E-state index in [1.807, 2.05) is 13.8 Å². The molecule has 0 aromatic rings. The first-order chi connectivity index (χ1) is 8.93. The number of ether oxygens (including phenoxy) is 2. The molecule has 0 saturated heterocycles. The van der Waals surface area contributed by atoms with Gasteiger partial charge in [0, 0.05) is 24.8 Å². The van der Waals surface area contributed by atoms with Crippen LogP contribution in [0.4, 0.5) is 0 Å². The van der Waals surface area contributed by atoms with Gasteiger partial charge in [0.15, 0.2) is 0 Å². The van der Waals surface area contributed by atoms with Gasteiger partial charge in [-0.15, -0.1) is 0 Å². The summed E-state index contributed by atoms with van der Waals surface area (Å²) >= 11 is 0. The maximum atomic E-state index is 9.47. The second-order valence-electron chi connectivity index (χ2n) is 5.82. The van der Waals surface area contributed by atoms with Gasteiger partial charge < -0.3 is 19.9 Å². The van der Waals surface area contributed by atoms with Crippen molar-refractivity contribution in [2.24, 2.45) is 0 Å². The van der Waals surface area contributed by atoms with E-state index >= 15 is 0 Å². The first-order valence-electron chi connectivity index (χ1n) is 7.51. The van der Waals surface area contributed by atoms with Gasteiger partial charge in [0.05, 0.1) is 19.3 Å². The van der Waals surface area contributed by atoms with Gasteiger partial charge in [-0.2, -0.15) is 0 Å². The lowest BCUT2D eigenvalue weighted by Gasteiger charge is -2.31. The number of hydrogen-bond acceptors (Lipinski definition) is 4. The number of rotatable bonds is 12. The molecular formula is C15H33NO3. The van der Waals surface area contributed by atoms with Crippen molar-refractivity contribution < 1.29 is 14.6 Å². The first kappa shape index (κ1) is 18.8. The Morgan fingerprint density at radius 1 is 1.21 bits per heavy atom. The second-order valence-corrected chi connectivity index (χ2v) is 5.82. The molecule has 0 bridgehead atoms. The van der Waals surface area contributed by atoms with E-state index in [1.54, 1.807) is 0 Å². The zero-order valence-corrected chi connectivity index (χ0v) is 13.4. The van der Waals surface area contributed by atoms with E-state index in [4.69, 9.17) is 9.47 Å². The van der Waals surface area contributed by atoms with Crippen molar-refractivity contribution in [3.05, 3.63) is 0 Å². The molecule has 0 aromatic heterocycles. The molecule has 4 nitrogen and oxygen atoms in total. The Kier molecular flexibility index (Phi) is 10.5. The number of nitrogens with one attached hydrogen (secondary N) is 1. The average Bonchev–Trinajstić information content (AvgIpc) is 2.35. The van der Waals surface area contributed by atoms with E-state index in [1.165, 1.54) is 0 Å². The van der Waals surface area contributed by atoms with Gasteiger partial charge in [-0.25, -0.2) is 0 Å². The minimum Gasteiger partial charge on any atom is -0.394 e. The molecular weight excluding hydrogens is 242 g/mol. The molecule has 0 saturated carbocycles. The van der Waals surface area contributed by atoms with E-state index < -0.39 is 0 Å². The highest BCUT2D eigenvalue weighted by atomic mass is 16.5. The summed E-state index contributed by atoms with van der Waals surface area (Å²) in [5.41, 5.74) is -0.175. The summed E-state index contributed by atoms with van der Waals surface area (Å²) in [6, 6.07) is 0.389. The Balaban J connectivity index is 3.66. The Hall–Kier alpha value is -0.160. The van der Waals surface area contributed by atoms with Gasteiger partial charge in [-0.3, -0.25) is 0 Å². The minimum absolute atomic E-state index is 0.165. The normalized spacial score (nSPS) is 16.6. The van der Waals surface area contributed by atoms with Crippen LogP contribution in [0.15, 0.2) is 0 Å². The largest absolute Gasteiger partial charge is 0.394 e. The quantitative estimate of drug-likeness (QED) is 0.537. The van der Waals surface area contributed by atoms with E-state index in [2.05, 4.69) is 26.1 Å². The highest BCUT2D eigenvalue weighted by Crippen LogP contribution is 2.14. The third-order valence-corrected chi connectivity index (χ3v) is 3.07. The van der Waals surface area contributed by atoms with Crippen LogP contribution in [0.2, 0.25) is 0 Å². The fourth-order valence-corrected chi connectivity index (χ4v) is 2.13. The molecule has 0 aliphatic carbocycles. The maximum Gasteiger partial charge on any atom is 0.0780 e. The van der Waals surface area contributed by atoms with Gasteiger partial charge in [0.25, 0.3) is 0 Å². The molecule has 2 atom stereocenters. The third kappa shape index (κ3) is 10.3. The Labute approximate surface area is 118 Å². The molecule has 4 heteroatoms. The van der Waals surface area contributed by atoms with Crippen molar-refractivity contribution in [2.45, 2.75) is 71.6 Å². The fourth-order valence-electron chi connectivity index (χ4n) is 2.13. The van der Waals surface area contributed by atoms with E-state index in [-0.39, 0.29) is 18.2 Å². The molecule has 0 aliphatic rings. The van der Waals surface area contributed by atoms with Crippen LogP contribution in [0.5, 0.6) is 0 Å². The van der Waals surface area contributed by atoms with Crippen LogP contribution in [0.25, 0.3) is 0 Å². The molecule has 0 spiro atoms. The molecule has 0 rings (SSSR count). The molecule has 0 heterocycles. The molecule has 0 fully saturated rings. The average molecular weight is 275 g/mol. The Bertz CT molecular complexity index is 212. The zero-order chi connectivity index (χ0) is 14.7. The topological polar surface area (TPSA) is 50.7 Å². The van der Waals surface area contributed by atoms with Gasteiger partial charge in [0.1, 0.15) is 0 Å². The molecule has 0 amide bonds. The van der Waals surface area contributed by atoms with E-state index in [9.17, 15) is 5.11 Å². The lowest BCUT2D eigenvalue weighted by molar-refractivity contribution is -0.00520. The van der Waals surface area contributed by atoms with Gasteiger partial charge >= 0.3 is 0 Å². The van der Waals surface area contributed by atoms with Crippen molar-refractivity contribution in [3.8, 4) is 0 Å². The van der Waals surface area contributed by atoms with Crippen LogP contribution in [0, 0.1) is 0 Å². The summed E-state index contributed by atoms with van der Waals surface area (Å²) in [5, 5.41) is 12.9. The van der Waals surface area contributed by atoms with Gasteiger partial charge in [-0.1, -0.05) is 13.8 Å². The number of unbranched alkanes of at least 4 members (excludes halogenated alkanes) is 1. The molecule has 19 heavy (non-hydrogen) atoms. The predicted octanol–water partition coefficient (Wildman–Crippen LogP) is 2.35. The monoisotopic (exact) mass is 275 g/mol. The van der Waals surface area contributed by atoms with E-state index in [0.717, 1.165) is 32.5 Å². The number of aliphatic hydroxyl groups excluding tert-OH is 1. The minimum atomic E-state index is -0.175. The smallest absolute Gasteiger partial charge is 0.0780 e. The molecule has 2 unspecified atom stereocenters. The fraction of sp³-hybridized carbons (Fsp3) is 1.00.